The Morgan fingerprint density at radius 3 is 1.68 bits per heavy atom. The first kappa shape index (κ1) is 15.8. The van der Waals surface area contributed by atoms with Gasteiger partial charge in [-0.1, -0.05) is 81.4 Å². The molecule has 1 nitrogen and oxygen atoms in total. The van der Waals surface area contributed by atoms with Crippen LogP contribution in [0.1, 0.15) is 26.3 Å². The summed E-state index contributed by atoms with van der Waals surface area (Å²) >= 11 is 0. The lowest BCUT2D eigenvalue weighted by Crippen LogP contribution is -2.11. The van der Waals surface area contributed by atoms with Gasteiger partial charge in [0.1, 0.15) is 0 Å². The summed E-state index contributed by atoms with van der Waals surface area (Å²) in [6, 6.07) is 24.5. The zero-order valence-electron chi connectivity index (χ0n) is 16.4. The van der Waals surface area contributed by atoms with Gasteiger partial charge >= 0.3 is 0 Å². The van der Waals surface area contributed by atoms with Crippen LogP contribution < -0.4 is 0 Å². The number of nitrogens with zero attached hydrogens (tertiary/aromatic N) is 1. The van der Waals surface area contributed by atoms with Crippen LogP contribution in [0.2, 0.25) is 0 Å². The van der Waals surface area contributed by atoms with E-state index in [-0.39, 0.29) is 5.41 Å². The second-order valence-corrected chi connectivity index (χ2v) is 8.87. The Labute approximate surface area is 163 Å². The van der Waals surface area contributed by atoms with Crippen molar-refractivity contribution >= 4 is 54.0 Å². The number of fused-ring (bicyclic) bond motifs is 6. The average molecular weight is 359 g/mol. The molecule has 0 saturated heterocycles. The zero-order valence-corrected chi connectivity index (χ0v) is 16.4. The van der Waals surface area contributed by atoms with Gasteiger partial charge in [0.2, 0.25) is 0 Å². The van der Waals surface area contributed by atoms with Crippen LogP contribution in [0.25, 0.3) is 54.0 Å². The van der Waals surface area contributed by atoms with Gasteiger partial charge in [-0.2, -0.15) is 0 Å². The largest absolute Gasteiger partial charge is 0.255 e. The minimum atomic E-state index is 0.0750. The number of benzene rings is 5. The molecule has 0 aliphatic rings. The highest BCUT2D eigenvalue weighted by atomic mass is 14.7. The van der Waals surface area contributed by atoms with Gasteiger partial charge in [0.05, 0.1) is 5.52 Å². The Morgan fingerprint density at radius 1 is 0.571 bits per heavy atom. The Bertz CT molecular complexity index is 1530. The van der Waals surface area contributed by atoms with Crippen molar-refractivity contribution in [1.82, 2.24) is 4.98 Å². The van der Waals surface area contributed by atoms with E-state index in [0.29, 0.717) is 0 Å². The van der Waals surface area contributed by atoms with Crippen molar-refractivity contribution in [2.24, 2.45) is 0 Å². The van der Waals surface area contributed by atoms with E-state index in [1.165, 1.54) is 54.0 Å². The quantitative estimate of drug-likeness (QED) is 0.201. The fourth-order valence-corrected chi connectivity index (χ4v) is 4.76. The number of aromatic nitrogens is 1. The Balaban J connectivity index is 1.99. The molecule has 28 heavy (non-hydrogen) atoms. The smallest absolute Gasteiger partial charge is 0.0787 e. The Morgan fingerprint density at radius 2 is 1.07 bits per heavy atom. The molecule has 0 bridgehead atoms. The van der Waals surface area contributed by atoms with E-state index in [9.17, 15) is 0 Å². The van der Waals surface area contributed by atoms with Crippen molar-refractivity contribution in [2.45, 2.75) is 26.2 Å². The Hall–Kier alpha value is -3.19. The standard InChI is InChI=1S/C27H21N/c1-27(2,3)16-14-23-21-12-6-10-19-17-8-4-5-9-18(17)20-11-7-13-22(25(20)24(19)21)26(23)28-15-16/h4-15H,1-3H3. The van der Waals surface area contributed by atoms with E-state index in [1.54, 1.807) is 0 Å². The summed E-state index contributed by atoms with van der Waals surface area (Å²) in [6.45, 7) is 6.76. The summed E-state index contributed by atoms with van der Waals surface area (Å²) in [4.78, 5) is 4.98. The fourth-order valence-electron chi connectivity index (χ4n) is 4.76. The van der Waals surface area contributed by atoms with E-state index in [0.717, 1.165) is 5.52 Å². The lowest BCUT2D eigenvalue weighted by Gasteiger charge is -2.21. The molecular formula is C27H21N. The molecule has 6 aromatic rings. The van der Waals surface area contributed by atoms with E-state index in [1.807, 2.05) is 0 Å². The highest BCUT2D eigenvalue weighted by molar-refractivity contribution is 6.39. The van der Waals surface area contributed by atoms with Gasteiger partial charge in [0, 0.05) is 22.4 Å². The second kappa shape index (κ2) is 5.20. The summed E-state index contributed by atoms with van der Waals surface area (Å²) in [6.07, 6.45) is 2.06. The average Bonchev–Trinajstić information content (AvgIpc) is 2.72. The molecule has 134 valence electrons. The van der Waals surface area contributed by atoms with Crippen LogP contribution in [0.4, 0.5) is 0 Å². The predicted octanol–water partition coefficient (Wildman–Crippen LogP) is 7.58. The molecule has 1 aromatic heterocycles. The van der Waals surface area contributed by atoms with Crippen molar-refractivity contribution in [3.05, 3.63) is 78.5 Å². The zero-order chi connectivity index (χ0) is 19.0. The van der Waals surface area contributed by atoms with Gasteiger partial charge in [-0.25, -0.2) is 0 Å². The van der Waals surface area contributed by atoms with Crippen molar-refractivity contribution in [3.8, 4) is 0 Å². The minimum Gasteiger partial charge on any atom is -0.255 e. The molecule has 6 rings (SSSR count). The molecule has 1 heterocycles. The first-order valence-corrected chi connectivity index (χ1v) is 9.91. The van der Waals surface area contributed by atoms with Crippen LogP contribution in [-0.4, -0.2) is 4.98 Å². The maximum absolute atomic E-state index is 4.98. The van der Waals surface area contributed by atoms with Crippen LogP contribution in [0.5, 0.6) is 0 Å². The summed E-state index contributed by atoms with van der Waals surface area (Å²) in [5, 5.41) is 11.8. The van der Waals surface area contributed by atoms with Gasteiger partial charge in [0.25, 0.3) is 0 Å². The molecule has 0 unspecified atom stereocenters. The summed E-state index contributed by atoms with van der Waals surface area (Å²) < 4.78 is 0. The summed E-state index contributed by atoms with van der Waals surface area (Å²) in [5.41, 5.74) is 2.46. The van der Waals surface area contributed by atoms with Crippen LogP contribution in [0.3, 0.4) is 0 Å². The molecule has 0 aliphatic heterocycles. The second-order valence-electron chi connectivity index (χ2n) is 8.87. The van der Waals surface area contributed by atoms with Crippen LogP contribution in [-0.2, 0) is 5.41 Å². The van der Waals surface area contributed by atoms with E-state index in [4.69, 9.17) is 4.98 Å². The number of rotatable bonds is 0. The molecule has 0 fully saturated rings. The highest BCUT2D eigenvalue weighted by Gasteiger charge is 2.19. The monoisotopic (exact) mass is 359 g/mol. The summed E-state index contributed by atoms with van der Waals surface area (Å²) in [7, 11) is 0. The van der Waals surface area contributed by atoms with Gasteiger partial charge < -0.3 is 0 Å². The highest BCUT2D eigenvalue weighted by Crippen LogP contribution is 2.44. The van der Waals surface area contributed by atoms with Crippen molar-refractivity contribution in [3.63, 3.8) is 0 Å². The SMILES string of the molecule is CC(C)(C)c1cnc2c(c1)c1cccc3c4ccccc4c4cccc2c4c31. The third-order valence-corrected chi connectivity index (χ3v) is 6.19. The number of hydrogen-bond donors (Lipinski definition) is 0. The van der Waals surface area contributed by atoms with Crippen molar-refractivity contribution in [2.75, 3.05) is 0 Å². The van der Waals surface area contributed by atoms with Crippen LogP contribution in [0, 0.1) is 0 Å². The molecule has 0 spiro atoms. The minimum absolute atomic E-state index is 0.0750. The van der Waals surface area contributed by atoms with Gasteiger partial charge in [-0.05, 0) is 49.4 Å². The normalized spacial score (nSPS) is 12.8. The molecule has 0 aliphatic carbocycles. The predicted molar refractivity (Wildman–Crippen MR) is 122 cm³/mol. The molecule has 0 amide bonds. The van der Waals surface area contributed by atoms with Crippen LogP contribution >= 0.6 is 0 Å². The summed E-state index contributed by atoms with van der Waals surface area (Å²) in [5.74, 6) is 0. The topological polar surface area (TPSA) is 12.9 Å². The third kappa shape index (κ3) is 1.94. The van der Waals surface area contributed by atoms with E-state index < -0.39 is 0 Å². The van der Waals surface area contributed by atoms with Gasteiger partial charge in [0.15, 0.2) is 0 Å². The van der Waals surface area contributed by atoms with Gasteiger partial charge in [-0.3, -0.25) is 4.98 Å². The van der Waals surface area contributed by atoms with E-state index >= 15 is 0 Å². The van der Waals surface area contributed by atoms with Crippen molar-refractivity contribution < 1.29 is 0 Å². The fraction of sp³-hybridized carbons (Fsp3) is 0.148. The lowest BCUT2D eigenvalue weighted by atomic mass is 9.84. The van der Waals surface area contributed by atoms with Crippen LogP contribution in [0.15, 0.2) is 72.9 Å². The molecule has 0 N–H and O–H groups in total. The number of pyridine rings is 1. The molecule has 0 atom stereocenters. The molecule has 1 heteroatoms. The molecule has 0 radical (unpaired) electrons. The Kier molecular flexibility index (Phi) is 2.94. The first-order valence-electron chi connectivity index (χ1n) is 9.91. The lowest BCUT2D eigenvalue weighted by molar-refractivity contribution is 0.589. The number of hydrogen-bond acceptors (Lipinski definition) is 1. The maximum Gasteiger partial charge on any atom is 0.0787 e. The molecular weight excluding hydrogens is 338 g/mol. The van der Waals surface area contributed by atoms with E-state index in [2.05, 4.69) is 93.7 Å². The van der Waals surface area contributed by atoms with Gasteiger partial charge in [-0.15, -0.1) is 0 Å². The maximum atomic E-state index is 4.98. The van der Waals surface area contributed by atoms with Crippen molar-refractivity contribution in [1.29, 1.82) is 0 Å². The molecule has 5 aromatic carbocycles. The third-order valence-electron chi connectivity index (χ3n) is 6.19. The first-order chi connectivity index (χ1) is 13.5. The molecule has 0 saturated carbocycles.